The molecule has 2 aromatic carbocycles. The van der Waals surface area contributed by atoms with E-state index in [1.807, 2.05) is 0 Å². The fourth-order valence-corrected chi connectivity index (χ4v) is 3.48. The van der Waals surface area contributed by atoms with E-state index in [2.05, 4.69) is 10.3 Å². The van der Waals surface area contributed by atoms with Crippen LogP contribution in [0.1, 0.15) is 12.5 Å². The van der Waals surface area contributed by atoms with Crippen molar-refractivity contribution >= 4 is 29.6 Å². The second-order valence-corrected chi connectivity index (χ2v) is 7.73. The van der Waals surface area contributed by atoms with Crippen LogP contribution in [0.3, 0.4) is 0 Å². The van der Waals surface area contributed by atoms with Crippen LogP contribution in [0.25, 0.3) is 11.8 Å². The van der Waals surface area contributed by atoms with Crippen molar-refractivity contribution < 1.29 is 19.5 Å². The summed E-state index contributed by atoms with van der Waals surface area (Å²) in [5.74, 6) is -2.17. The second-order valence-electron chi connectivity index (χ2n) is 7.73. The summed E-state index contributed by atoms with van der Waals surface area (Å²) >= 11 is 0. The maximum Gasteiger partial charge on any atom is 0.335 e. The Bertz CT molecular complexity index is 1560. The minimum Gasteiger partial charge on any atom is -0.494 e. The van der Waals surface area contributed by atoms with Crippen LogP contribution in [0.5, 0.6) is 5.88 Å². The quantitative estimate of drug-likeness (QED) is 0.288. The largest absolute Gasteiger partial charge is 0.494 e. The zero-order valence-electron chi connectivity index (χ0n) is 19.0. The predicted molar refractivity (Wildman–Crippen MR) is 133 cm³/mol. The maximum atomic E-state index is 12.8. The van der Waals surface area contributed by atoms with Crippen molar-refractivity contribution in [3.63, 3.8) is 0 Å². The van der Waals surface area contributed by atoms with E-state index in [4.69, 9.17) is 0 Å². The molecule has 0 atom stereocenters. The molecule has 10 nitrogen and oxygen atoms in total. The Balaban J connectivity index is 1.64. The van der Waals surface area contributed by atoms with Gasteiger partial charge in [-0.3, -0.25) is 24.7 Å². The van der Waals surface area contributed by atoms with Gasteiger partial charge in [-0.05, 0) is 43.3 Å². The van der Waals surface area contributed by atoms with Crippen molar-refractivity contribution in [1.82, 2.24) is 14.9 Å². The molecule has 1 aliphatic rings. The van der Waals surface area contributed by atoms with Crippen LogP contribution in [0.4, 0.5) is 10.5 Å². The van der Waals surface area contributed by atoms with Gasteiger partial charge < -0.3 is 5.11 Å². The third-order valence-electron chi connectivity index (χ3n) is 5.28. The van der Waals surface area contributed by atoms with E-state index >= 15 is 0 Å². The summed E-state index contributed by atoms with van der Waals surface area (Å²) < 4.78 is 0.961. The number of urea groups is 1. The summed E-state index contributed by atoms with van der Waals surface area (Å²) in [6, 6.07) is 15.6. The highest BCUT2D eigenvalue weighted by molar-refractivity contribution is 6.37. The Hall–Kier alpha value is -5.25. The number of rotatable bonds is 5. The van der Waals surface area contributed by atoms with Crippen molar-refractivity contribution in [3.05, 3.63) is 116 Å². The molecule has 10 heteroatoms. The minimum atomic E-state index is -0.850. The number of aromatic amines is 1. The summed E-state index contributed by atoms with van der Waals surface area (Å²) in [6.45, 7) is 1.64. The first kappa shape index (κ1) is 23.9. The molecule has 1 aromatic heterocycles. The van der Waals surface area contributed by atoms with Gasteiger partial charge in [-0.2, -0.15) is 0 Å². The van der Waals surface area contributed by atoms with Crippen molar-refractivity contribution in [3.8, 4) is 11.6 Å². The van der Waals surface area contributed by atoms with Crippen LogP contribution in [-0.4, -0.2) is 32.5 Å². The molecule has 1 saturated heterocycles. The number of hydrogen-bond donors (Lipinski definition) is 3. The monoisotopic (exact) mass is 484 g/mol. The third kappa shape index (κ3) is 4.68. The van der Waals surface area contributed by atoms with Crippen LogP contribution < -0.4 is 21.5 Å². The summed E-state index contributed by atoms with van der Waals surface area (Å²) in [5.41, 5.74) is -0.828. The Kier molecular flexibility index (Phi) is 6.59. The van der Waals surface area contributed by atoms with Crippen molar-refractivity contribution in [2.45, 2.75) is 6.92 Å². The summed E-state index contributed by atoms with van der Waals surface area (Å²) in [5, 5.41) is 12.7. The standard InChI is InChI=1S/C26H20N4O6/c1-16(12-14-19-21(31)27-25(35)29(23(19)33)17-8-4-2-5-9-17)13-15-20-22(32)28-26(36)30(24(20)34)18-10-6-3-7-11-18/h2-15,33H,1H3,(H,27,31,35)(H,28,32,36). The van der Waals surface area contributed by atoms with Gasteiger partial charge in [0.05, 0.1) is 11.4 Å². The highest BCUT2D eigenvalue weighted by atomic mass is 16.3. The molecular weight excluding hydrogens is 464 g/mol. The average molecular weight is 484 g/mol. The lowest BCUT2D eigenvalue weighted by molar-refractivity contribution is -0.122. The molecular formula is C26H20N4O6. The third-order valence-corrected chi connectivity index (χ3v) is 5.28. The number of nitrogens with one attached hydrogen (secondary N) is 2. The van der Waals surface area contributed by atoms with Crippen LogP contribution in [0, 0.1) is 0 Å². The van der Waals surface area contributed by atoms with E-state index in [1.54, 1.807) is 67.6 Å². The first-order valence-corrected chi connectivity index (χ1v) is 10.7. The average Bonchev–Trinajstić information content (AvgIpc) is 2.84. The van der Waals surface area contributed by atoms with Crippen molar-refractivity contribution in [2.24, 2.45) is 0 Å². The van der Waals surface area contributed by atoms with Gasteiger partial charge >= 0.3 is 11.7 Å². The lowest BCUT2D eigenvalue weighted by Gasteiger charge is -2.26. The van der Waals surface area contributed by atoms with Gasteiger partial charge in [0.15, 0.2) is 0 Å². The molecule has 180 valence electrons. The van der Waals surface area contributed by atoms with Crippen LogP contribution in [-0.2, 0) is 9.59 Å². The molecule has 3 aromatic rings. The number of H-pyrrole nitrogens is 1. The summed E-state index contributed by atoms with van der Waals surface area (Å²) in [4.78, 5) is 64.9. The molecule has 36 heavy (non-hydrogen) atoms. The zero-order valence-corrected chi connectivity index (χ0v) is 19.0. The van der Waals surface area contributed by atoms with Gasteiger partial charge in [-0.25, -0.2) is 19.1 Å². The van der Waals surface area contributed by atoms with E-state index in [0.717, 1.165) is 9.47 Å². The Morgan fingerprint density at radius 3 is 2.14 bits per heavy atom. The van der Waals surface area contributed by atoms with Crippen molar-refractivity contribution in [2.75, 3.05) is 4.90 Å². The highest BCUT2D eigenvalue weighted by Crippen LogP contribution is 2.21. The number of benzene rings is 2. The van der Waals surface area contributed by atoms with E-state index in [-0.39, 0.29) is 11.1 Å². The van der Waals surface area contributed by atoms with Gasteiger partial charge in [-0.15, -0.1) is 0 Å². The fourth-order valence-electron chi connectivity index (χ4n) is 3.48. The molecule has 0 spiro atoms. The first-order chi connectivity index (χ1) is 17.3. The maximum absolute atomic E-state index is 12.8. The summed E-state index contributed by atoms with van der Waals surface area (Å²) in [7, 11) is 0. The normalized spacial score (nSPS) is 15.6. The Morgan fingerprint density at radius 1 is 0.889 bits per heavy atom. The topological polar surface area (TPSA) is 142 Å². The molecule has 0 bridgehead atoms. The summed E-state index contributed by atoms with van der Waals surface area (Å²) in [6.07, 6.45) is 5.47. The number of nitrogens with zero attached hydrogens (tertiary/aromatic N) is 2. The number of allylic oxidation sites excluding steroid dienone is 4. The number of anilines is 1. The molecule has 0 unspecified atom stereocenters. The Morgan fingerprint density at radius 2 is 1.50 bits per heavy atom. The highest BCUT2D eigenvalue weighted by Gasteiger charge is 2.36. The van der Waals surface area contributed by atoms with Gasteiger partial charge in [-0.1, -0.05) is 54.1 Å². The molecule has 0 radical (unpaired) electrons. The van der Waals surface area contributed by atoms with E-state index in [1.165, 1.54) is 24.3 Å². The first-order valence-electron chi connectivity index (χ1n) is 10.7. The SMILES string of the molecule is CC(C=Cc1c(O)n(-c2ccccc2)c(=O)[nH]c1=O)=CC=C1C(=O)NC(=O)N(c2ccccc2)C1=O. The molecule has 2 heterocycles. The lowest BCUT2D eigenvalue weighted by Crippen LogP contribution is -2.54. The number of aromatic hydroxyl groups is 1. The van der Waals surface area contributed by atoms with Crippen LogP contribution >= 0.6 is 0 Å². The number of aromatic nitrogens is 2. The molecule has 3 N–H and O–H groups in total. The Labute approximate surface area is 204 Å². The number of carbonyl (C=O) groups excluding carboxylic acids is 3. The van der Waals surface area contributed by atoms with Crippen LogP contribution in [0.2, 0.25) is 0 Å². The predicted octanol–water partition coefficient (Wildman–Crippen LogP) is 2.40. The lowest BCUT2D eigenvalue weighted by atomic mass is 10.1. The van der Waals surface area contributed by atoms with Gasteiger partial charge in [0.25, 0.3) is 17.4 Å². The van der Waals surface area contributed by atoms with Crippen LogP contribution in [0.15, 0.2) is 99.6 Å². The van der Waals surface area contributed by atoms with E-state index < -0.39 is 35.0 Å². The number of carbonyl (C=O) groups is 3. The molecule has 0 aliphatic carbocycles. The number of hydrogen-bond acceptors (Lipinski definition) is 6. The number of barbiturate groups is 1. The molecule has 4 rings (SSSR count). The zero-order chi connectivity index (χ0) is 25.8. The number of imide groups is 2. The second kappa shape index (κ2) is 9.94. The van der Waals surface area contributed by atoms with Gasteiger partial charge in [0, 0.05) is 0 Å². The molecule has 4 amide bonds. The molecule has 0 saturated carbocycles. The molecule has 1 aliphatic heterocycles. The number of para-hydroxylation sites is 2. The van der Waals surface area contributed by atoms with Gasteiger partial charge in [0.2, 0.25) is 5.88 Å². The molecule has 1 fully saturated rings. The number of amides is 4. The van der Waals surface area contributed by atoms with Gasteiger partial charge in [0.1, 0.15) is 11.1 Å². The van der Waals surface area contributed by atoms with E-state index in [9.17, 15) is 29.1 Å². The smallest absolute Gasteiger partial charge is 0.335 e. The van der Waals surface area contributed by atoms with Crippen molar-refractivity contribution in [1.29, 1.82) is 0 Å². The van der Waals surface area contributed by atoms with E-state index in [0.29, 0.717) is 16.9 Å². The minimum absolute atomic E-state index is 0.161. The fraction of sp³-hybridized carbons (Fsp3) is 0.0385.